The molecule has 1 aliphatic rings. The topological polar surface area (TPSA) is 81.7 Å². The van der Waals surface area contributed by atoms with Gasteiger partial charge in [-0.05, 0) is 25.7 Å². The van der Waals surface area contributed by atoms with Gasteiger partial charge in [0.1, 0.15) is 12.1 Å². The summed E-state index contributed by atoms with van der Waals surface area (Å²) < 4.78 is 1.76. The van der Waals surface area contributed by atoms with Crippen molar-refractivity contribution in [3.8, 4) is 0 Å². The van der Waals surface area contributed by atoms with E-state index in [9.17, 15) is 0 Å². The Morgan fingerprint density at radius 1 is 1.28 bits per heavy atom. The maximum Gasteiger partial charge on any atom is 0.163 e. The van der Waals surface area contributed by atoms with Gasteiger partial charge in [-0.2, -0.15) is 5.10 Å². The molecule has 0 amide bonds. The lowest BCUT2D eigenvalue weighted by Gasteiger charge is -2.27. The number of hydrogen-bond donors (Lipinski definition) is 2. The number of fused-ring (bicyclic) bond motifs is 1. The third-order valence-electron chi connectivity index (χ3n) is 3.64. The van der Waals surface area contributed by atoms with Crippen molar-refractivity contribution in [2.45, 2.75) is 37.8 Å². The summed E-state index contributed by atoms with van der Waals surface area (Å²) in [6.45, 7) is 0. The Bertz CT molecular complexity index is 540. The Labute approximate surface area is 106 Å². The van der Waals surface area contributed by atoms with E-state index in [1.807, 2.05) is 13.2 Å². The molecule has 6 heteroatoms. The van der Waals surface area contributed by atoms with Gasteiger partial charge in [0, 0.05) is 19.1 Å². The van der Waals surface area contributed by atoms with Crippen LogP contribution < -0.4 is 11.1 Å². The number of rotatable bonds is 2. The lowest BCUT2D eigenvalue weighted by molar-refractivity contribution is 0.410. The normalized spacial score (nSPS) is 24.3. The first kappa shape index (κ1) is 11.4. The maximum absolute atomic E-state index is 5.92. The number of nitrogens with zero attached hydrogens (tertiary/aromatic N) is 4. The summed E-state index contributed by atoms with van der Waals surface area (Å²) >= 11 is 0. The summed E-state index contributed by atoms with van der Waals surface area (Å²) in [7, 11) is 1.89. The van der Waals surface area contributed by atoms with E-state index < -0.39 is 0 Å². The summed E-state index contributed by atoms with van der Waals surface area (Å²) in [5.74, 6) is 0.883. The molecule has 18 heavy (non-hydrogen) atoms. The van der Waals surface area contributed by atoms with Gasteiger partial charge in [0.05, 0.1) is 11.6 Å². The van der Waals surface area contributed by atoms with Crippen LogP contribution in [-0.2, 0) is 7.05 Å². The quantitative estimate of drug-likeness (QED) is 0.827. The summed E-state index contributed by atoms with van der Waals surface area (Å²) in [5, 5.41) is 8.69. The van der Waals surface area contributed by atoms with Gasteiger partial charge in [-0.25, -0.2) is 9.97 Å². The second-order valence-corrected chi connectivity index (χ2v) is 4.98. The fourth-order valence-corrected chi connectivity index (χ4v) is 2.53. The fourth-order valence-electron chi connectivity index (χ4n) is 2.53. The molecule has 0 aromatic carbocycles. The Hall–Kier alpha value is -1.69. The van der Waals surface area contributed by atoms with Crippen LogP contribution in [0.2, 0.25) is 0 Å². The highest BCUT2D eigenvalue weighted by atomic mass is 15.3. The monoisotopic (exact) mass is 246 g/mol. The zero-order valence-electron chi connectivity index (χ0n) is 10.5. The van der Waals surface area contributed by atoms with Crippen molar-refractivity contribution in [3.05, 3.63) is 12.5 Å². The second kappa shape index (κ2) is 4.53. The van der Waals surface area contributed by atoms with E-state index in [4.69, 9.17) is 5.73 Å². The van der Waals surface area contributed by atoms with Gasteiger partial charge >= 0.3 is 0 Å². The number of aromatic nitrogens is 4. The second-order valence-electron chi connectivity index (χ2n) is 4.98. The number of anilines is 1. The third kappa shape index (κ3) is 2.03. The van der Waals surface area contributed by atoms with Crippen molar-refractivity contribution >= 4 is 16.9 Å². The summed E-state index contributed by atoms with van der Waals surface area (Å²) in [5.41, 5.74) is 6.78. The molecule has 1 fully saturated rings. The molecule has 0 bridgehead atoms. The van der Waals surface area contributed by atoms with Crippen LogP contribution in [0.5, 0.6) is 0 Å². The summed E-state index contributed by atoms with van der Waals surface area (Å²) in [4.78, 5) is 8.56. The third-order valence-corrected chi connectivity index (χ3v) is 3.64. The lowest BCUT2D eigenvalue weighted by Crippen LogP contribution is -2.33. The average Bonchev–Trinajstić information content (AvgIpc) is 2.76. The van der Waals surface area contributed by atoms with Gasteiger partial charge in [0.25, 0.3) is 0 Å². The van der Waals surface area contributed by atoms with Crippen LogP contribution in [0.25, 0.3) is 11.0 Å². The molecule has 2 aromatic rings. The Balaban J connectivity index is 1.82. The SMILES string of the molecule is Cn1ncc2c(NC3CCC(N)CC3)ncnc21. The molecule has 0 saturated heterocycles. The minimum absolute atomic E-state index is 0.367. The van der Waals surface area contributed by atoms with Gasteiger partial charge in [-0.1, -0.05) is 0 Å². The van der Waals surface area contributed by atoms with Crippen molar-refractivity contribution in [1.82, 2.24) is 19.7 Å². The van der Waals surface area contributed by atoms with Crippen molar-refractivity contribution in [1.29, 1.82) is 0 Å². The Kier molecular flexibility index (Phi) is 2.87. The minimum Gasteiger partial charge on any atom is -0.367 e. The van der Waals surface area contributed by atoms with E-state index in [0.29, 0.717) is 12.1 Å². The number of aryl methyl sites for hydroxylation is 1. The van der Waals surface area contributed by atoms with Gasteiger partial charge in [-0.15, -0.1) is 0 Å². The Morgan fingerprint density at radius 3 is 2.83 bits per heavy atom. The van der Waals surface area contributed by atoms with E-state index in [1.54, 1.807) is 11.0 Å². The molecule has 96 valence electrons. The van der Waals surface area contributed by atoms with Crippen molar-refractivity contribution in [2.24, 2.45) is 12.8 Å². The molecule has 3 rings (SSSR count). The fraction of sp³-hybridized carbons (Fsp3) is 0.583. The first-order valence-electron chi connectivity index (χ1n) is 6.39. The molecule has 0 atom stereocenters. The number of nitrogens with one attached hydrogen (secondary N) is 1. The number of hydrogen-bond acceptors (Lipinski definition) is 5. The van der Waals surface area contributed by atoms with Crippen LogP contribution in [-0.4, -0.2) is 31.8 Å². The highest BCUT2D eigenvalue weighted by Crippen LogP contribution is 2.24. The van der Waals surface area contributed by atoms with Gasteiger partial charge in [-0.3, -0.25) is 4.68 Å². The minimum atomic E-state index is 0.367. The van der Waals surface area contributed by atoms with E-state index >= 15 is 0 Å². The summed E-state index contributed by atoms with van der Waals surface area (Å²) in [6, 6.07) is 0.829. The maximum atomic E-state index is 5.92. The molecule has 6 nitrogen and oxygen atoms in total. The molecule has 0 aliphatic heterocycles. The zero-order chi connectivity index (χ0) is 12.5. The van der Waals surface area contributed by atoms with Crippen LogP contribution >= 0.6 is 0 Å². The molecule has 0 unspecified atom stereocenters. The first-order chi connectivity index (χ1) is 8.74. The van der Waals surface area contributed by atoms with Crippen LogP contribution in [0.4, 0.5) is 5.82 Å². The highest BCUT2D eigenvalue weighted by molar-refractivity contribution is 5.86. The smallest absolute Gasteiger partial charge is 0.163 e. The standard InChI is InChI=1S/C12H18N6/c1-18-12-10(6-16-18)11(14-7-15-12)17-9-4-2-8(13)3-5-9/h6-9H,2-5,13H2,1H3,(H,14,15,17). The van der Waals surface area contributed by atoms with Crippen molar-refractivity contribution in [2.75, 3.05) is 5.32 Å². The van der Waals surface area contributed by atoms with E-state index in [0.717, 1.165) is 42.5 Å². The zero-order valence-corrected chi connectivity index (χ0v) is 10.5. The molecule has 1 saturated carbocycles. The first-order valence-corrected chi connectivity index (χ1v) is 6.39. The summed E-state index contributed by atoms with van der Waals surface area (Å²) in [6.07, 6.45) is 7.77. The van der Waals surface area contributed by atoms with E-state index in [-0.39, 0.29) is 0 Å². The van der Waals surface area contributed by atoms with Crippen LogP contribution in [0.3, 0.4) is 0 Å². The predicted molar refractivity (Wildman–Crippen MR) is 70.2 cm³/mol. The molecular weight excluding hydrogens is 228 g/mol. The average molecular weight is 246 g/mol. The number of nitrogens with two attached hydrogens (primary N) is 1. The predicted octanol–water partition coefficient (Wildman–Crippen LogP) is 1.05. The van der Waals surface area contributed by atoms with Crippen molar-refractivity contribution in [3.63, 3.8) is 0 Å². The molecule has 3 N–H and O–H groups in total. The molecular formula is C12H18N6. The molecule has 0 radical (unpaired) electrons. The lowest BCUT2D eigenvalue weighted by atomic mass is 9.92. The van der Waals surface area contributed by atoms with Crippen molar-refractivity contribution < 1.29 is 0 Å². The van der Waals surface area contributed by atoms with Crippen LogP contribution in [0.15, 0.2) is 12.5 Å². The van der Waals surface area contributed by atoms with Gasteiger partial charge in [0.15, 0.2) is 5.65 Å². The van der Waals surface area contributed by atoms with Crippen LogP contribution in [0.1, 0.15) is 25.7 Å². The molecule has 2 heterocycles. The molecule has 0 spiro atoms. The van der Waals surface area contributed by atoms with E-state index in [1.165, 1.54) is 0 Å². The Morgan fingerprint density at radius 2 is 2.06 bits per heavy atom. The molecule has 1 aliphatic carbocycles. The largest absolute Gasteiger partial charge is 0.367 e. The van der Waals surface area contributed by atoms with Crippen LogP contribution in [0, 0.1) is 0 Å². The van der Waals surface area contributed by atoms with Gasteiger partial charge in [0.2, 0.25) is 0 Å². The van der Waals surface area contributed by atoms with Gasteiger partial charge < -0.3 is 11.1 Å². The van der Waals surface area contributed by atoms with E-state index in [2.05, 4.69) is 20.4 Å². The highest BCUT2D eigenvalue weighted by Gasteiger charge is 2.19. The molecule has 2 aromatic heterocycles.